The van der Waals surface area contributed by atoms with Gasteiger partial charge in [0.2, 0.25) is 0 Å². The third kappa shape index (κ3) is 2.44. The Hall–Kier alpha value is -3.20. The highest BCUT2D eigenvalue weighted by molar-refractivity contribution is 5.79. The van der Waals surface area contributed by atoms with Crippen LogP contribution < -0.4 is 0 Å². The van der Waals surface area contributed by atoms with Crippen molar-refractivity contribution in [3.05, 3.63) is 130 Å². The molecule has 1 aliphatic rings. The molecule has 0 saturated heterocycles. The second kappa shape index (κ2) is 6.66. The van der Waals surface area contributed by atoms with E-state index in [1.54, 1.807) is 0 Å². The molecule has 1 aliphatic carbocycles. The van der Waals surface area contributed by atoms with E-state index in [2.05, 4.69) is 0 Å². The fraction of sp³-hybridized carbons (Fsp3) is 0.143. The van der Waals surface area contributed by atoms with Gasteiger partial charge in [-0.05, 0) is 47.2 Å². The maximum atomic E-state index is 12.5. The normalized spacial score (nSPS) is 22.3. The highest BCUT2D eigenvalue weighted by atomic mass is 16.4. The van der Waals surface area contributed by atoms with E-state index in [0.717, 1.165) is 22.3 Å². The number of aryl methyl sites for hydroxylation is 2. The molecule has 5 rings (SSSR count). The van der Waals surface area contributed by atoms with Gasteiger partial charge in [0.05, 0.1) is 0 Å². The molecule has 2 nitrogen and oxygen atoms in total. The van der Waals surface area contributed by atoms with Gasteiger partial charge in [-0.3, -0.25) is 0 Å². The fourth-order valence-electron chi connectivity index (χ4n) is 4.78. The summed E-state index contributed by atoms with van der Waals surface area (Å²) >= 11 is 0. The Balaban J connectivity index is 1.93. The Morgan fingerprint density at radius 1 is 0.467 bits per heavy atom. The average Bonchev–Trinajstić information content (AvgIpc) is 2.78. The van der Waals surface area contributed by atoms with Gasteiger partial charge in [-0.1, -0.05) is 108 Å². The summed E-state index contributed by atoms with van der Waals surface area (Å²) in [6.07, 6.45) is 0. The van der Waals surface area contributed by atoms with Gasteiger partial charge in [0.15, 0.2) is 11.2 Å². The zero-order valence-corrected chi connectivity index (χ0v) is 17.1. The summed E-state index contributed by atoms with van der Waals surface area (Å²) in [4.78, 5) is 0. The number of benzene rings is 4. The second-order valence-electron chi connectivity index (χ2n) is 8.24. The van der Waals surface area contributed by atoms with Crippen LogP contribution in [-0.2, 0) is 11.2 Å². The molecule has 0 radical (unpaired) electrons. The lowest BCUT2D eigenvalue weighted by molar-refractivity contribution is -0.114. The Morgan fingerprint density at radius 2 is 0.800 bits per heavy atom. The smallest absolute Gasteiger partial charge is 0.152 e. The molecular formula is C28H24O2. The predicted molar refractivity (Wildman–Crippen MR) is 120 cm³/mol. The third-order valence-corrected chi connectivity index (χ3v) is 6.39. The van der Waals surface area contributed by atoms with Crippen molar-refractivity contribution < 1.29 is 10.2 Å². The van der Waals surface area contributed by atoms with E-state index < -0.39 is 11.2 Å². The molecule has 0 heterocycles. The highest BCUT2D eigenvalue weighted by Crippen LogP contribution is 2.57. The van der Waals surface area contributed by atoms with Gasteiger partial charge in [0, 0.05) is 0 Å². The molecule has 0 fully saturated rings. The molecule has 2 unspecified atom stereocenters. The Bertz CT molecular complexity index is 1130. The Labute approximate surface area is 177 Å². The number of aliphatic hydroxyl groups is 2. The largest absolute Gasteiger partial charge is 0.377 e. The first-order chi connectivity index (χ1) is 14.5. The maximum absolute atomic E-state index is 12.5. The Kier molecular flexibility index (Phi) is 4.18. The molecule has 30 heavy (non-hydrogen) atoms. The fourth-order valence-corrected chi connectivity index (χ4v) is 4.78. The van der Waals surface area contributed by atoms with E-state index in [1.807, 2.05) is 111 Å². The Morgan fingerprint density at radius 3 is 1.17 bits per heavy atom. The van der Waals surface area contributed by atoms with Crippen LogP contribution in [0.5, 0.6) is 0 Å². The van der Waals surface area contributed by atoms with Gasteiger partial charge in [-0.25, -0.2) is 0 Å². The third-order valence-electron chi connectivity index (χ3n) is 6.39. The van der Waals surface area contributed by atoms with Crippen molar-refractivity contribution >= 4 is 0 Å². The molecule has 2 N–H and O–H groups in total. The first-order valence-corrected chi connectivity index (χ1v) is 10.2. The summed E-state index contributed by atoms with van der Waals surface area (Å²) in [6, 6.07) is 31.2. The molecule has 0 aromatic heterocycles. The number of rotatable bonds is 2. The van der Waals surface area contributed by atoms with Crippen molar-refractivity contribution in [1.82, 2.24) is 0 Å². The van der Waals surface area contributed by atoms with E-state index in [9.17, 15) is 10.2 Å². The summed E-state index contributed by atoms with van der Waals surface area (Å²) in [6.45, 7) is 4.04. The molecule has 148 valence electrons. The minimum absolute atomic E-state index is 0.665. The molecule has 0 spiro atoms. The lowest BCUT2D eigenvalue weighted by atomic mass is 9.60. The second-order valence-corrected chi connectivity index (χ2v) is 8.24. The van der Waals surface area contributed by atoms with Gasteiger partial charge >= 0.3 is 0 Å². The van der Waals surface area contributed by atoms with E-state index in [1.165, 1.54) is 0 Å². The number of fused-ring (bicyclic) bond motifs is 3. The topological polar surface area (TPSA) is 40.5 Å². The minimum atomic E-state index is -1.65. The van der Waals surface area contributed by atoms with Crippen LogP contribution in [0.3, 0.4) is 0 Å². The lowest BCUT2D eigenvalue weighted by Crippen LogP contribution is -2.53. The number of hydrogen-bond donors (Lipinski definition) is 2. The van der Waals surface area contributed by atoms with Crippen molar-refractivity contribution in [3.8, 4) is 11.1 Å². The summed E-state index contributed by atoms with van der Waals surface area (Å²) in [7, 11) is 0. The first kappa shape index (κ1) is 18.8. The van der Waals surface area contributed by atoms with E-state index >= 15 is 0 Å². The summed E-state index contributed by atoms with van der Waals surface area (Å²) < 4.78 is 0. The molecular weight excluding hydrogens is 368 g/mol. The summed E-state index contributed by atoms with van der Waals surface area (Å²) in [5, 5.41) is 25.0. The number of hydrogen-bond acceptors (Lipinski definition) is 2. The molecule has 2 heteroatoms. The zero-order valence-electron chi connectivity index (χ0n) is 17.1. The molecule has 0 amide bonds. The van der Waals surface area contributed by atoms with Crippen LogP contribution in [0.2, 0.25) is 0 Å². The van der Waals surface area contributed by atoms with Crippen molar-refractivity contribution in [2.45, 2.75) is 25.0 Å². The lowest BCUT2D eigenvalue weighted by Gasteiger charge is -2.49. The summed E-state index contributed by atoms with van der Waals surface area (Å²) in [5.74, 6) is 0. The van der Waals surface area contributed by atoms with Crippen LogP contribution in [0, 0.1) is 13.8 Å². The summed E-state index contributed by atoms with van der Waals surface area (Å²) in [5.41, 5.74) is 3.52. The van der Waals surface area contributed by atoms with Crippen molar-refractivity contribution in [3.63, 3.8) is 0 Å². The van der Waals surface area contributed by atoms with Gasteiger partial charge < -0.3 is 10.2 Å². The van der Waals surface area contributed by atoms with Crippen molar-refractivity contribution in [2.75, 3.05) is 0 Å². The molecule has 4 aromatic carbocycles. The van der Waals surface area contributed by atoms with Crippen molar-refractivity contribution in [1.29, 1.82) is 0 Å². The van der Waals surface area contributed by atoms with E-state index in [0.29, 0.717) is 22.3 Å². The van der Waals surface area contributed by atoms with Gasteiger partial charge in [-0.15, -0.1) is 0 Å². The first-order valence-electron chi connectivity index (χ1n) is 10.2. The van der Waals surface area contributed by atoms with Crippen LogP contribution in [0.4, 0.5) is 0 Å². The van der Waals surface area contributed by atoms with Crippen LogP contribution in [0.15, 0.2) is 97.1 Å². The van der Waals surface area contributed by atoms with E-state index in [-0.39, 0.29) is 0 Å². The van der Waals surface area contributed by atoms with E-state index in [4.69, 9.17) is 0 Å². The molecule has 0 saturated carbocycles. The molecule has 0 bridgehead atoms. The van der Waals surface area contributed by atoms with Gasteiger partial charge in [-0.2, -0.15) is 0 Å². The highest BCUT2D eigenvalue weighted by Gasteiger charge is 2.58. The average molecular weight is 392 g/mol. The molecule has 0 aliphatic heterocycles. The maximum Gasteiger partial charge on any atom is 0.152 e. The quantitative estimate of drug-likeness (QED) is 0.476. The minimum Gasteiger partial charge on any atom is -0.377 e. The van der Waals surface area contributed by atoms with Crippen LogP contribution >= 0.6 is 0 Å². The van der Waals surface area contributed by atoms with Gasteiger partial charge in [0.1, 0.15) is 0 Å². The zero-order chi connectivity index (χ0) is 20.9. The van der Waals surface area contributed by atoms with Gasteiger partial charge in [0.25, 0.3) is 0 Å². The standard InChI is InChI=1S/C28H24O2/c1-19-11-15-21(16-12-19)27(29)25-9-5-3-7-23(25)24-8-4-6-10-26(24)28(27,30)22-17-13-20(2)14-18-22/h3-18,29-30H,1-2H3. The van der Waals surface area contributed by atoms with Crippen LogP contribution in [-0.4, -0.2) is 10.2 Å². The van der Waals surface area contributed by atoms with Crippen LogP contribution in [0.25, 0.3) is 11.1 Å². The monoisotopic (exact) mass is 392 g/mol. The van der Waals surface area contributed by atoms with Crippen molar-refractivity contribution in [2.24, 2.45) is 0 Å². The van der Waals surface area contributed by atoms with Crippen LogP contribution in [0.1, 0.15) is 33.4 Å². The SMILES string of the molecule is Cc1ccc(C2(O)c3ccccc3-c3ccccc3C2(O)c2ccc(C)cc2)cc1. The predicted octanol–water partition coefficient (Wildman–Crippen LogP) is 5.46. The molecule has 4 aromatic rings. The molecule has 2 atom stereocenters.